The minimum absolute atomic E-state index is 0.162. The zero-order valence-electron chi connectivity index (χ0n) is 8.07. The molecule has 0 atom stereocenters. The van der Waals surface area contributed by atoms with Gasteiger partial charge in [-0.15, -0.1) is 0 Å². The van der Waals surface area contributed by atoms with E-state index in [1.165, 1.54) is 13.3 Å². The van der Waals surface area contributed by atoms with E-state index in [9.17, 15) is 4.79 Å². The van der Waals surface area contributed by atoms with Crippen LogP contribution in [0.15, 0.2) is 18.3 Å². The molecular weight excluding hydrogens is 168 g/mol. The Bertz CT molecular complexity index is 274. The van der Waals surface area contributed by atoms with Gasteiger partial charge in [-0.05, 0) is 12.1 Å². The molecule has 1 heterocycles. The standard InChI is InChI=1S/C7H8N2O2.C2H6/c1-11-7(10)6-5(8)3-2-4-9-6;1-2/h2-4H,8H2,1H3;1-2H3. The summed E-state index contributed by atoms with van der Waals surface area (Å²) in [5, 5.41) is 0. The molecule has 0 saturated heterocycles. The van der Waals surface area contributed by atoms with Gasteiger partial charge in [-0.3, -0.25) is 0 Å². The highest BCUT2D eigenvalue weighted by molar-refractivity contribution is 5.92. The molecule has 0 unspecified atom stereocenters. The number of nitrogen functional groups attached to an aromatic ring is 1. The molecule has 0 saturated carbocycles. The van der Waals surface area contributed by atoms with Crippen LogP contribution in [0.25, 0.3) is 0 Å². The summed E-state index contributed by atoms with van der Waals surface area (Å²) in [6.45, 7) is 4.00. The molecule has 0 aliphatic heterocycles. The van der Waals surface area contributed by atoms with Crippen molar-refractivity contribution < 1.29 is 9.53 Å². The van der Waals surface area contributed by atoms with Crippen LogP contribution in [0.4, 0.5) is 5.69 Å². The van der Waals surface area contributed by atoms with Crippen molar-refractivity contribution in [1.82, 2.24) is 4.98 Å². The smallest absolute Gasteiger partial charge is 0.358 e. The fraction of sp³-hybridized carbons (Fsp3) is 0.333. The first kappa shape index (κ1) is 11.4. The molecule has 0 aromatic carbocycles. The van der Waals surface area contributed by atoms with Crippen molar-refractivity contribution in [2.75, 3.05) is 12.8 Å². The second-order valence-corrected chi connectivity index (χ2v) is 1.93. The molecular formula is C9H14N2O2. The van der Waals surface area contributed by atoms with Crippen LogP contribution >= 0.6 is 0 Å². The topological polar surface area (TPSA) is 65.2 Å². The fourth-order valence-corrected chi connectivity index (χ4v) is 0.685. The van der Waals surface area contributed by atoms with Gasteiger partial charge in [-0.2, -0.15) is 0 Å². The Morgan fingerprint density at radius 1 is 1.54 bits per heavy atom. The number of rotatable bonds is 1. The Labute approximate surface area is 77.7 Å². The van der Waals surface area contributed by atoms with Crippen LogP contribution in [-0.2, 0) is 4.74 Å². The lowest BCUT2D eigenvalue weighted by Crippen LogP contribution is -2.07. The van der Waals surface area contributed by atoms with E-state index in [-0.39, 0.29) is 5.69 Å². The highest BCUT2D eigenvalue weighted by Crippen LogP contribution is 2.07. The molecule has 72 valence electrons. The van der Waals surface area contributed by atoms with Crippen molar-refractivity contribution in [3.05, 3.63) is 24.0 Å². The van der Waals surface area contributed by atoms with Gasteiger partial charge < -0.3 is 10.5 Å². The second-order valence-electron chi connectivity index (χ2n) is 1.93. The van der Waals surface area contributed by atoms with Crippen molar-refractivity contribution in [1.29, 1.82) is 0 Å². The van der Waals surface area contributed by atoms with Crippen LogP contribution in [0.2, 0.25) is 0 Å². The van der Waals surface area contributed by atoms with Crippen LogP contribution in [-0.4, -0.2) is 18.1 Å². The normalized spacial score (nSPS) is 8.23. The number of ether oxygens (including phenoxy) is 1. The number of nitrogens with two attached hydrogens (primary N) is 1. The van der Waals surface area contributed by atoms with Gasteiger partial charge in [0.2, 0.25) is 0 Å². The van der Waals surface area contributed by atoms with Crippen molar-refractivity contribution in [2.45, 2.75) is 13.8 Å². The number of anilines is 1. The van der Waals surface area contributed by atoms with E-state index in [4.69, 9.17) is 5.73 Å². The molecule has 0 amide bonds. The zero-order valence-corrected chi connectivity index (χ0v) is 8.07. The Balaban J connectivity index is 0.000000671. The van der Waals surface area contributed by atoms with Crippen molar-refractivity contribution >= 4 is 11.7 Å². The first-order valence-corrected chi connectivity index (χ1v) is 4.04. The second kappa shape index (κ2) is 5.99. The van der Waals surface area contributed by atoms with Crippen LogP contribution in [0.5, 0.6) is 0 Å². The van der Waals surface area contributed by atoms with Crippen LogP contribution in [0.3, 0.4) is 0 Å². The first-order valence-electron chi connectivity index (χ1n) is 4.04. The molecule has 13 heavy (non-hydrogen) atoms. The molecule has 0 fully saturated rings. The lowest BCUT2D eigenvalue weighted by molar-refractivity contribution is 0.0595. The first-order chi connectivity index (χ1) is 6.25. The Hall–Kier alpha value is -1.58. The van der Waals surface area contributed by atoms with E-state index in [1.54, 1.807) is 12.1 Å². The third-order valence-corrected chi connectivity index (χ3v) is 1.22. The molecule has 0 aliphatic carbocycles. The summed E-state index contributed by atoms with van der Waals surface area (Å²) >= 11 is 0. The molecule has 1 aromatic heterocycles. The summed E-state index contributed by atoms with van der Waals surface area (Å²) in [5.41, 5.74) is 5.93. The molecule has 4 heteroatoms. The maximum Gasteiger partial charge on any atom is 0.358 e. The lowest BCUT2D eigenvalue weighted by atomic mass is 10.3. The molecule has 0 radical (unpaired) electrons. The van der Waals surface area contributed by atoms with Gasteiger partial charge in [0.05, 0.1) is 12.8 Å². The summed E-state index contributed by atoms with van der Waals surface area (Å²) in [4.78, 5) is 14.6. The van der Waals surface area contributed by atoms with Gasteiger partial charge >= 0.3 is 5.97 Å². The number of hydrogen-bond donors (Lipinski definition) is 1. The maximum absolute atomic E-state index is 10.9. The van der Waals surface area contributed by atoms with Gasteiger partial charge in [-0.25, -0.2) is 9.78 Å². The van der Waals surface area contributed by atoms with Crippen LogP contribution < -0.4 is 5.73 Å². The SMILES string of the molecule is CC.COC(=O)c1ncccc1N. The Morgan fingerprint density at radius 3 is 2.62 bits per heavy atom. The highest BCUT2D eigenvalue weighted by atomic mass is 16.5. The molecule has 1 aromatic rings. The number of nitrogens with zero attached hydrogens (tertiary/aromatic N) is 1. The molecule has 2 N–H and O–H groups in total. The monoisotopic (exact) mass is 182 g/mol. The van der Waals surface area contributed by atoms with Gasteiger partial charge in [0, 0.05) is 6.20 Å². The average Bonchev–Trinajstić information content (AvgIpc) is 2.20. The summed E-state index contributed by atoms with van der Waals surface area (Å²) in [6, 6.07) is 3.25. The van der Waals surface area contributed by atoms with E-state index in [1.807, 2.05) is 13.8 Å². The Kier molecular flexibility index (Phi) is 5.27. The quantitative estimate of drug-likeness (QED) is 0.668. The van der Waals surface area contributed by atoms with Gasteiger partial charge in [0.25, 0.3) is 0 Å². The minimum atomic E-state index is -0.511. The number of pyridine rings is 1. The van der Waals surface area contributed by atoms with E-state index in [2.05, 4.69) is 9.72 Å². The fourth-order valence-electron chi connectivity index (χ4n) is 0.685. The summed E-state index contributed by atoms with van der Waals surface area (Å²) in [6.07, 6.45) is 1.49. The highest BCUT2D eigenvalue weighted by Gasteiger charge is 2.09. The Morgan fingerprint density at radius 2 is 2.15 bits per heavy atom. The number of aromatic nitrogens is 1. The molecule has 0 aliphatic rings. The van der Waals surface area contributed by atoms with E-state index < -0.39 is 5.97 Å². The van der Waals surface area contributed by atoms with Gasteiger partial charge in [0.15, 0.2) is 5.69 Å². The number of carbonyl (C=O) groups excluding carboxylic acids is 1. The lowest BCUT2D eigenvalue weighted by Gasteiger charge is -1.99. The maximum atomic E-state index is 10.9. The largest absolute Gasteiger partial charge is 0.464 e. The summed E-state index contributed by atoms with van der Waals surface area (Å²) in [7, 11) is 1.29. The summed E-state index contributed by atoms with van der Waals surface area (Å²) in [5.74, 6) is -0.511. The van der Waals surface area contributed by atoms with Gasteiger partial charge in [0.1, 0.15) is 0 Å². The zero-order chi connectivity index (χ0) is 10.3. The third kappa shape index (κ3) is 3.11. The third-order valence-electron chi connectivity index (χ3n) is 1.22. The summed E-state index contributed by atoms with van der Waals surface area (Å²) < 4.78 is 4.44. The molecule has 4 nitrogen and oxygen atoms in total. The minimum Gasteiger partial charge on any atom is -0.464 e. The van der Waals surface area contributed by atoms with Crippen molar-refractivity contribution in [2.24, 2.45) is 0 Å². The van der Waals surface area contributed by atoms with E-state index >= 15 is 0 Å². The van der Waals surface area contributed by atoms with Crippen LogP contribution in [0, 0.1) is 0 Å². The number of carbonyl (C=O) groups is 1. The molecule has 0 bridgehead atoms. The van der Waals surface area contributed by atoms with Crippen molar-refractivity contribution in [3.8, 4) is 0 Å². The molecule has 1 rings (SSSR count). The van der Waals surface area contributed by atoms with Crippen LogP contribution in [0.1, 0.15) is 24.3 Å². The number of esters is 1. The van der Waals surface area contributed by atoms with E-state index in [0.717, 1.165) is 0 Å². The average molecular weight is 182 g/mol. The van der Waals surface area contributed by atoms with Gasteiger partial charge in [-0.1, -0.05) is 13.8 Å². The van der Waals surface area contributed by atoms with E-state index in [0.29, 0.717) is 5.69 Å². The van der Waals surface area contributed by atoms with Crippen molar-refractivity contribution in [3.63, 3.8) is 0 Å². The predicted molar refractivity (Wildman–Crippen MR) is 51.3 cm³/mol. The number of hydrogen-bond acceptors (Lipinski definition) is 4. The number of methoxy groups -OCH3 is 1. The molecule has 0 spiro atoms. The predicted octanol–water partition coefficient (Wildman–Crippen LogP) is 1.48.